The fourth-order valence-electron chi connectivity index (χ4n) is 1.01. The molecule has 2 rings (SSSR count). The summed E-state index contributed by atoms with van der Waals surface area (Å²) in [5, 5.41) is 10.3. The van der Waals surface area contributed by atoms with Crippen molar-refractivity contribution in [3.8, 4) is 0 Å². The van der Waals surface area contributed by atoms with E-state index in [1.165, 1.54) is 0 Å². The van der Waals surface area contributed by atoms with Crippen LogP contribution in [0.15, 0.2) is 9.59 Å². The first-order valence-corrected chi connectivity index (χ1v) is 3.44. The highest BCUT2D eigenvalue weighted by Gasteiger charge is 2.14. The molecule has 0 unspecified atom stereocenters. The van der Waals surface area contributed by atoms with Crippen LogP contribution in [0, 0.1) is 10.1 Å². The Hall–Kier alpha value is -2.45. The maximum absolute atomic E-state index is 11.1. The summed E-state index contributed by atoms with van der Waals surface area (Å²) < 4.78 is 0. The Morgan fingerprint density at radius 3 is 2.57 bits per heavy atom. The molecule has 0 aromatic carbocycles. The number of H-pyrrole nitrogens is 3. The van der Waals surface area contributed by atoms with Gasteiger partial charge in [0.25, 0.3) is 0 Å². The van der Waals surface area contributed by atoms with E-state index >= 15 is 0 Å². The first-order valence-electron chi connectivity index (χ1n) is 3.44. The van der Waals surface area contributed by atoms with E-state index in [0.29, 0.717) is 0 Å². The second-order valence-electron chi connectivity index (χ2n) is 2.45. The average molecular weight is 197 g/mol. The van der Waals surface area contributed by atoms with Crippen molar-refractivity contribution in [1.29, 1.82) is 0 Å². The predicted molar refractivity (Wildman–Crippen MR) is 44.0 cm³/mol. The smallest absolute Gasteiger partial charge is 0.390 e. The Balaban J connectivity index is 2.91. The molecular formula is C5H3N5O4. The van der Waals surface area contributed by atoms with E-state index in [4.69, 9.17) is 0 Å². The molecule has 2 heterocycles. The Labute approximate surface area is 74.0 Å². The molecule has 3 N–H and O–H groups in total. The lowest BCUT2D eigenvalue weighted by atomic mass is 10.5. The zero-order chi connectivity index (χ0) is 10.3. The number of imidazole rings is 1. The summed E-state index contributed by atoms with van der Waals surface area (Å²) in [5.74, 6) is -0.710. The largest absolute Gasteiger partial charge is 0.437 e. The van der Waals surface area contributed by atoms with Crippen LogP contribution in [0.4, 0.5) is 5.95 Å². The van der Waals surface area contributed by atoms with Gasteiger partial charge in [-0.3, -0.25) is 9.97 Å². The van der Waals surface area contributed by atoms with Crippen LogP contribution in [0.25, 0.3) is 11.2 Å². The zero-order valence-electron chi connectivity index (χ0n) is 6.53. The highest BCUT2D eigenvalue weighted by molar-refractivity contribution is 5.68. The highest BCUT2D eigenvalue weighted by atomic mass is 16.6. The van der Waals surface area contributed by atoms with Crippen molar-refractivity contribution in [2.24, 2.45) is 0 Å². The topological polar surface area (TPSA) is 138 Å². The van der Waals surface area contributed by atoms with Crippen LogP contribution < -0.4 is 11.2 Å². The van der Waals surface area contributed by atoms with E-state index in [9.17, 15) is 19.7 Å². The molecule has 0 saturated carbocycles. The van der Waals surface area contributed by atoms with E-state index in [1.54, 1.807) is 0 Å². The molecule has 0 aliphatic rings. The number of fused-ring (bicyclic) bond motifs is 1. The van der Waals surface area contributed by atoms with E-state index in [0.717, 1.165) is 0 Å². The minimum atomic E-state index is -0.855. The fourth-order valence-corrected chi connectivity index (χ4v) is 1.01. The minimum Gasteiger partial charge on any atom is -0.390 e. The molecule has 0 radical (unpaired) electrons. The third-order valence-corrected chi connectivity index (χ3v) is 1.55. The van der Waals surface area contributed by atoms with Gasteiger partial charge >= 0.3 is 17.2 Å². The van der Waals surface area contributed by atoms with Crippen LogP contribution in [-0.4, -0.2) is 24.9 Å². The molecule has 0 bridgehead atoms. The minimum absolute atomic E-state index is 0.111. The van der Waals surface area contributed by atoms with Crippen LogP contribution >= 0.6 is 0 Å². The number of nitrogens with one attached hydrogen (secondary N) is 3. The number of aromatic amines is 3. The summed E-state index contributed by atoms with van der Waals surface area (Å²) in [7, 11) is 0. The van der Waals surface area contributed by atoms with Gasteiger partial charge in [-0.25, -0.2) is 14.6 Å². The van der Waals surface area contributed by atoms with Gasteiger partial charge in [0.15, 0.2) is 5.52 Å². The van der Waals surface area contributed by atoms with Crippen molar-refractivity contribution in [3.63, 3.8) is 0 Å². The number of nitrogens with zero attached hydrogens (tertiary/aromatic N) is 2. The van der Waals surface area contributed by atoms with Gasteiger partial charge in [0.1, 0.15) is 0 Å². The molecule has 9 heteroatoms. The second-order valence-corrected chi connectivity index (χ2v) is 2.45. The second kappa shape index (κ2) is 2.52. The summed E-state index contributed by atoms with van der Waals surface area (Å²) in [6.07, 6.45) is 0. The number of hydrogen-bond acceptors (Lipinski definition) is 5. The van der Waals surface area contributed by atoms with E-state index in [2.05, 4.69) is 15.0 Å². The van der Waals surface area contributed by atoms with Gasteiger partial charge < -0.3 is 10.1 Å². The summed E-state index contributed by atoms with van der Waals surface area (Å²) in [5.41, 5.74) is -1.65. The summed E-state index contributed by atoms with van der Waals surface area (Å²) in [6, 6.07) is 0. The Morgan fingerprint density at radius 1 is 1.21 bits per heavy atom. The maximum atomic E-state index is 11.1. The van der Waals surface area contributed by atoms with Crippen LogP contribution in [0.2, 0.25) is 0 Å². The monoisotopic (exact) mass is 197 g/mol. The maximum Gasteiger partial charge on any atom is 0.437 e. The van der Waals surface area contributed by atoms with E-state index in [-0.39, 0.29) is 11.2 Å². The molecule has 72 valence electrons. The molecule has 0 aliphatic heterocycles. The molecule has 0 atom stereocenters. The number of aromatic nitrogens is 4. The van der Waals surface area contributed by atoms with E-state index in [1.807, 2.05) is 4.98 Å². The first kappa shape index (κ1) is 8.16. The normalized spacial score (nSPS) is 10.6. The molecule has 2 aromatic rings. The standard InChI is InChI=1S/C5H3N5O4/c11-3-1-2(8-5(12)6-1)7-4(9-3)10(13)14/h(H3,6,7,8,9,11,12). The molecule has 14 heavy (non-hydrogen) atoms. The van der Waals surface area contributed by atoms with Gasteiger partial charge in [0, 0.05) is 0 Å². The lowest BCUT2D eigenvalue weighted by Crippen LogP contribution is -2.11. The van der Waals surface area contributed by atoms with Crippen LogP contribution in [0.5, 0.6) is 0 Å². The summed E-state index contributed by atoms with van der Waals surface area (Å²) in [4.78, 5) is 40.9. The third kappa shape index (κ3) is 1.07. The lowest BCUT2D eigenvalue weighted by molar-refractivity contribution is -0.394. The van der Waals surface area contributed by atoms with Gasteiger partial charge in [0.2, 0.25) is 5.65 Å². The lowest BCUT2D eigenvalue weighted by Gasteiger charge is -1.90. The molecule has 0 aliphatic carbocycles. The van der Waals surface area contributed by atoms with Crippen molar-refractivity contribution >= 4 is 17.1 Å². The quantitative estimate of drug-likeness (QED) is 0.391. The van der Waals surface area contributed by atoms with Crippen molar-refractivity contribution in [1.82, 2.24) is 19.9 Å². The highest BCUT2D eigenvalue weighted by Crippen LogP contribution is 2.02. The van der Waals surface area contributed by atoms with Crippen molar-refractivity contribution in [3.05, 3.63) is 31.0 Å². The summed E-state index contributed by atoms with van der Waals surface area (Å²) in [6.45, 7) is 0. The van der Waals surface area contributed by atoms with Gasteiger partial charge in [-0.2, -0.15) is 0 Å². The van der Waals surface area contributed by atoms with Gasteiger partial charge in [-0.1, -0.05) is 0 Å². The van der Waals surface area contributed by atoms with Crippen LogP contribution in [-0.2, 0) is 0 Å². The molecule has 2 aromatic heterocycles. The number of hydrogen-bond donors (Lipinski definition) is 3. The Morgan fingerprint density at radius 2 is 1.93 bits per heavy atom. The molecule has 0 amide bonds. The van der Waals surface area contributed by atoms with Crippen LogP contribution in [0.1, 0.15) is 0 Å². The predicted octanol–water partition coefficient (Wildman–Crippen LogP) is -1.15. The molecule has 0 saturated heterocycles. The molecule has 0 spiro atoms. The number of nitro groups is 1. The Kier molecular flexibility index (Phi) is 1.47. The van der Waals surface area contributed by atoms with Gasteiger partial charge in [-0.05, 0) is 9.91 Å². The zero-order valence-corrected chi connectivity index (χ0v) is 6.53. The first-order chi connectivity index (χ1) is 6.58. The number of rotatable bonds is 1. The van der Waals surface area contributed by atoms with Crippen LogP contribution in [0.3, 0.4) is 0 Å². The SMILES string of the molecule is O=c1[nH]c2nc([N+](=O)[O-])[nH]c(=O)c2[nH]1. The van der Waals surface area contributed by atoms with Crippen molar-refractivity contribution < 1.29 is 4.92 Å². The van der Waals surface area contributed by atoms with Gasteiger partial charge in [0.05, 0.1) is 0 Å². The van der Waals surface area contributed by atoms with E-state index < -0.39 is 22.1 Å². The molecule has 0 fully saturated rings. The Bertz CT molecular complexity index is 619. The van der Waals surface area contributed by atoms with Crippen molar-refractivity contribution in [2.45, 2.75) is 0 Å². The fraction of sp³-hybridized carbons (Fsp3) is 0. The summed E-state index contributed by atoms with van der Waals surface area (Å²) >= 11 is 0. The van der Waals surface area contributed by atoms with Gasteiger partial charge in [-0.15, -0.1) is 0 Å². The molecular weight excluding hydrogens is 194 g/mol. The van der Waals surface area contributed by atoms with Crippen molar-refractivity contribution in [2.75, 3.05) is 0 Å². The molecule has 9 nitrogen and oxygen atoms in total. The third-order valence-electron chi connectivity index (χ3n) is 1.55. The average Bonchev–Trinajstić information content (AvgIpc) is 2.45.